The molecule has 1 fully saturated rings. The van der Waals surface area contributed by atoms with E-state index in [-0.39, 0.29) is 35.4 Å². The Labute approximate surface area is 185 Å². The van der Waals surface area contributed by atoms with Gasteiger partial charge < -0.3 is 10.0 Å². The van der Waals surface area contributed by atoms with E-state index in [1.165, 1.54) is 6.07 Å². The number of halogens is 3. The second-order valence-corrected chi connectivity index (χ2v) is 9.26. The highest BCUT2D eigenvalue weighted by Crippen LogP contribution is 2.51. The van der Waals surface area contributed by atoms with Crippen molar-refractivity contribution >= 4 is 35.1 Å². The highest BCUT2D eigenvalue weighted by molar-refractivity contribution is 6.31. The zero-order chi connectivity index (χ0) is 22.2. The fraction of sp³-hybridized carbons (Fsp3) is 0.391. The first-order valence-corrected chi connectivity index (χ1v) is 10.5. The minimum absolute atomic E-state index is 0.00436. The van der Waals surface area contributed by atoms with Gasteiger partial charge in [0.25, 0.3) is 0 Å². The minimum atomic E-state index is -1.09. The molecule has 2 aromatic carbocycles. The molecular weight excluding hydrogens is 428 g/mol. The average Bonchev–Trinajstić information content (AvgIpc) is 2.65. The van der Waals surface area contributed by atoms with Crippen LogP contribution in [0.2, 0.25) is 10.0 Å². The lowest BCUT2D eigenvalue weighted by Gasteiger charge is -2.50. The molecule has 1 saturated heterocycles. The predicted molar refractivity (Wildman–Crippen MR) is 115 cm³/mol. The van der Waals surface area contributed by atoms with Crippen LogP contribution in [0.3, 0.4) is 0 Å². The Morgan fingerprint density at radius 3 is 2.33 bits per heavy atom. The number of carbonyl (C=O) groups excluding carboxylic acids is 1. The van der Waals surface area contributed by atoms with Crippen LogP contribution in [0.1, 0.15) is 56.7 Å². The summed E-state index contributed by atoms with van der Waals surface area (Å²) in [4.78, 5) is 26.8. The van der Waals surface area contributed by atoms with Crippen molar-refractivity contribution in [2.24, 2.45) is 5.41 Å². The molecule has 30 heavy (non-hydrogen) atoms. The molecule has 7 heteroatoms. The number of piperidine rings is 1. The molecule has 1 N–H and O–H groups in total. The normalized spacial score (nSPS) is 24.4. The Bertz CT molecular complexity index is 963. The summed E-state index contributed by atoms with van der Waals surface area (Å²) in [6, 6.07) is 11.3. The molecule has 3 atom stereocenters. The third kappa shape index (κ3) is 4.33. The zero-order valence-corrected chi connectivity index (χ0v) is 18.5. The summed E-state index contributed by atoms with van der Waals surface area (Å²) < 4.78 is 13.8. The van der Waals surface area contributed by atoms with Gasteiger partial charge >= 0.3 is 5.97 Å². The largest absolute Gasteiger partial charge is 0.481 e. The average molecular weight is 452 g/mol. The summed E-state index contributed by atoms with van der Waals surface area (Å²) in [7, 11) is 0. The molecule has 2 aromatic rings. The summed E-state index contributed by atoms with van der Waals surface area (Å²) in [6.45, 7) is 5.50. The molecular formula is C23H24Cl2FNO3. The van der Waals surface area contributed by atoms with E-state index in [2.05, 4.69) is 0 Å². The van der Waals surface area contributed by atoms with E-state index < -0.39 is 17.2 Å². The fourth-order valence-electron chi connectivity index (χ4n) is 4.45. The smallest absolute Gasteiger partial charge is 0.304 e. The summed E-state index contributed by atoms with van der Waals surface area (Å²) in [5, 5.41) is 10.0. The maximum Gasteiger partial charge on any atom is 0.304 e. The lowest BCUT2D eigenvalue weighted by molar-refractivity contribution is -0.159. The quantitative estimate of drug-likeness (QED) is 0.598. The summed E-state index contributed by atoms with van der Waals surface area (Å²) >= 11 is 12.1. The van der Waals surface area contributed by atoms with Gasteiger partial charge in [-0.05, 0) is 55.7 Å². The third-order valence-electron chi connectivity index (χ3n) is 5.78. The van der Waals surface area contributed by atoms with Gasteiger partial charge in [0.05, 0.1) is 22.9 Å². The van der Waals surface area contributed by atoms with Crippen molar-refractivity contribution in [3.05, 3.63) is 69.5 Å². The van der Waals surface area contributed by atoms with Gasteiger partial charge in [0.15, 0.2) is 0 Å². The van der Waals surface area contributed by atoms with Crippen molar-refractivity contribution in [1.82, 2.24) is 4.90 Å². The van der Waals surface area contributed by atoms with Crippen LogP contribution in [0, 0.1) is 11.2 Å². The zero-order valence-electron chi connectivity index (χ0n) is 17.0. The molecule has 0 aliphatic carbocycles. The lowest BCUT2D eigenvalue weighted by Crippen LogP contribution is -2.54. The standard InChI is InChI=1S/C23H24Cl2FNO3/c1-13(2)27-21(14-4-7-16(24)8-5-14)17(15-6-9-19(26)18(25)10-15)11-23(3,22(27)30)12-20(28)29/h4-10,13,17,21H,11-12H2,1-3H3,(H,28,29)/t17-,21-,23-/m1/s1. The number of hydrogen-bond donors (Lipinski definition) is 1. The van der Waals surface area contributed by atoms with E-state index in [1.807, 2.05) is 26.0 Å². The van der Waals surface area contributed by atoms with Crippen LogP contribution < -0.4 is 0 Å². The number of aliphatic carboxylic acids is 1. The number of likely N-dealkylation sites (tertiary alicyclic amines) is 1. The number of rotatable bonds is 5. The number of amides is 1. The van der Waals surface area contributed by atoms with Gasteiger partial charge in [-0.3, -0.25) is 9.59 Å². The molecule has 0 aromatic heterocycles. The van der Waals surface area contributed by atoms with E-state index >= 15 is 0 Å². The first-order chi connectivity index (χ1) is 14.0. The van der Waals surface area contributed by atoms with E-state index in [0.717, 1.165) is 11.1 Å². The van der Waals surface area contributed by atoms with Gasteiger partial charge in [-0.2, -0.15) is 0 Å². The van der Waals surface area contributed by atoms with Gasteiger partial charge in [0.2, 0.25) is 5.91 Å². The Morgan fingerprint density at radius 1 is 1.20 bits per heavy atom. The molecule has 160 valence electrons. The van der Waals surface area contributed by atoms with Crippen LogP contribution >= 0.6 is 23.2 Å². The first kappa shape index (κ1) is 22.6. The molecule has 0 spiro atoms. The summed E-state index contributed by atoms with van der Waals surface area (Å²) in [5.74, 6) is -2.03. The first-order valence-electron chi connectivity index (χ1n) is 9.78. The maximum atomic E-state index is 13.8. The fourth-order valence-corrected chi connectivity index (χ4v) is 4.76. The predicted octanol–water partition coefficient (Wildman–Crippen LogP) is 6.08. The van der Waals surface area contributed by atoms with E-state index in [1.54, 1.807) is 36.1 Å². The number of benzene rings is 2. The van der Waals surface area contributed by atoms with Crippen LogP contribution in [0.25, 0.3) is 0 Å². The van der Waals surface area contributed by atoms with Crippen LogP contribution in [0.5, 0.6) is 0 Å². The second-order valence-electron chi connectivity index (χ2n) is 8.42. The van der Waals surface area contributed by atoms with Crippen molar-refractivity contribution in [3.63, 3.8) is 0 Å². The van der Waals surface area contributed by atoms with Crippen LogP contribution in [-0.4, -0.2) is 27.9 Å². The molecule has 1 aliphatic heterocycles. The van der Waals surface area contributed by atoms with Gasteiger partial charge in [0, 0.05) is 17.0 Å². The SMILES string of the molecule is CC(C)N1C(=O)[C@@](C)(CC(=O)O)C[C@H](c2ccc(F)c(Cl)c2)[C@H]1c1ccc(Cl)cc1. The van der Waals surface area contributed by atoms with Crippen LogP contribution in [0.4, 0.5) is 4.39 Å². The van der Waals surface area contributed by atoms with E-state index in [0.29, 0.717) is 11.4 Å². The van der Waals surface area contributed by atoms with Gasteiger partial charge in [0.1, 0.15) is 5.82 Å². The molecule has 1 amide bonds. The van der Waals surface area contributed by atoms with Crippen LogP contribution in [0.15, 0.2) is 42.5 Å². The van der Waals surface area contributed by atoms with Crippen molar-refractivity contribution in [1.29, 1.82) is 0 Å². The Balaban J connectivity index is 2.20. The molecule has 0 radical (unpaired) electrons. The van der Waals surface area contributed by atoms with Crippen molar-refractivity contribution in [3.8, 4) is 0 Å². The molecule has 0 unspecified atom stereocenters. The van der Waals surface area contributed by atoms with Gasteiger partial charge in [-0.15, -0.1) is 0 Å². The van der Waals surface area contributed by atoms with Crippen molar-refractivity contribution in [2.45, 2.75) is 51.6 Å². The second kappa shape index (κ2) is 8.56. The monoisotopic (exact) mass is 451 g/mol. The number of hydrogen-bond acceptors (Lipinski definition) is 2. The number of carbonyl (C=O) groups is 2. The Kier molecular flexibility index (Phi) is 6.44. The minimum Gasteiger partial charge on any atom is -0.481 e. The van der Waals surface area contributed by atoms with E-state index in [9.17, 15) is 19.1 Å². The highest BCUT2D eigenvalue weighted by Gasteiger charge is 2.51. The Morgan fingerprint density at radius 2 is 1.80 bits per heavy atom. The highest BCUT2D eigenvalue weighted by atomic mass is 35.5. The number of carboxylic acid groups (broad SMARTS) is 1. The summed E-state index contributed by atoms with van der Waals surface area (Å²) in [6.07, 6.45) is 0.0183. The number of carboxylic acids is 1. The summed E-state index contributed by atoms with van der Waals surface area (Å²) in [5.41, 5.74) is 0.547. The van der Waals surface area contributed by atoms with Gasteiger partial charge in [-0.1, -0.05) is 48.3 Å². The number of nitrogens with zero attached hydrogens (tertiary/aromatic N) is 1. The van der Waals surface area contributed by atoms with Crippen molar-refractivity contribution in [2.75, 3.05) is 0 Å². The molecule has 1 heterocycles. The molecule has 0 bridgehead atoms. The van der Waals surface area contributed by atoms with Crippen molar-refractivity contribution < 1.29 is 19.1 Å². The molecule has 1 aliphatic rings. The molecule has 3 rings (SSSR count). The maximum absolute atomic E-state index is 13.8. The lowest BCUT2D eigenvalue weighted by atomic mass is 9.67. The topological polar surface area (TPSA) is 57.6 Å². The molecule has 4 nitrogen and oxygen atoms in total. The van der Waals surface area contributed by atoms with Crippen LogP contribution in [-0.2, 0) is 9.59 Å². The molecule has 0 saturated carbocycles. The van der Waals surface area contributed by atoms with Gasteiger partial charge in [-0.25, -0.2) is 4.39 Å². The Hall–Kier alpha value is -2.11. The van der Waals surface area contributed by atoms with E-state index in [4.69, 9.17) is 23.2 Å². The third-order valence-corrected chi connectivity index (χ3v) is 6.32.